The third-order valence-electron chi connectivity index (χ3n) is 7.42. The first-order valence-corrected chi connectivity index (χ1v) is 15.1. The van der Waals surface area contributed by atoms with Crippen molar-refractivity contribution in [2.45, 2.75) is 93.4 Å². The summed E-state index contributed by atoms with van der Waals surface area (Å²) in [6.07, 6.45) is 14.8. The number of fused-ring (bicyclic) bond motifs is 1. The number of rotatable bonds is 8. The molecule has 0 spiro atoms. The summed E-state index contributed by atoms with van der Waals surface area (Å²) in [5.74, 6) is 2.38. The molecule has 3 aromatic rings. The Bertz CT molecular complexity index is 1110. The fraction of sp³-hybridized carbons (Fsp3) is 0.486. The number of aryl methyl sites for hydroxylation is 1. The topological polar surface area (TPSA) is 53.6 Å². The van der Waals surface area contributed by atoms with Gasteiger partial charge in [0.1, 0.15) is 5.75 Å². The van der Waals surface area contributed by atoms with E-state index in [1.807, 2.05) is 46.0 Å². The van der Waals surface area contributed by atoms with Gasteiger partial charge in [0.15, 0.2) is 0 Å². The molecule has 0 amide bonds. The first kappa shape index (κ1) is 40.5. The molecular formula is C37H58ClNO2. The molecule has 0 saturated heterocycles. The summed E-state index contributed by atoms with van der Waals surface area (Å²) in [7, 11) is 1.72. The molecule has 1 aliphatic carbocycles. The minimum Gasteiger partial charge on any atom is -0.497 e. The molecule has 1 fully saturated rings. The minimum absolute atomic E-state index is 0. The van der Waals surface area contributed by atoms with Gasteiger partial charge in [-0.1, -0.05) is 104 Å². The molecule has 0 aliphatic heterocycles. The number of hydrogen-bond acceptors (Lipinski definition) is 2. The zero-order chi connectivity index (χ0) is 29.3. The van der Waals surface area contributed by atoms with Crippen LogP contribution in [0.3, 0.4) is 0 Å². The number of halogens is 1. The summed E-state index contributed by atoms with van der Waals surface area (Å²) >= 11 is 0. The number of nitrogens with zero attached hydrogens (tertiary/aromatic N) is 1. The van der Waals surface area contributed by atoms with Gasteiger partial charge in [0, 0.05) is 11.6 Å². The van der Waals surface area contributed by atoms with Crippen LogP contribution in [0.1, 0.15) is 97.3 Å². The number of methoxy groups -OCH3 is 1. The van der Waals surface area contributed by atoms with Gasteiger partial charge in [-0.05, 0) is 90.3 Å². The molecule has 1 saturated carbocycles. The maximum atomic E-state index is 5.42. The molecule has 1 aromatic heterocycles. The molecule has 2 unspecified atom stereocenters. The van der Waals surface area contributed by atoms with Crippen molar-refractivity contribution in [3.8, 4) is 5.75 Å². The second-order valence-corrected chi connectivity index (χ2v) is 10.6. The van der Waals surface area contributed by atoms with Crippen molar-refractivity contribution < 1.29 is 10.2 Å². The van der Waals surface area contributed by atoms with Gasteiger partial charge in [0.25, 0.3) is 0 Å². The van der Waals surface area contributed by atoms with Crippen molar-refractivity contribution in [2.24, 2.45) is 17.3 Å². The molecule has 3 nitrogen and oxygen atoms in total. The fourth-order valence-electron chi connectivity index (χ4n) is 5.45. The Morgan fingerprint density at radius 1 is 0.951 bits per heavy atom. The largest absolute Gasteiger partial charge is 0.497 e. The standard InChI is InChI=1S/C23H31NO.C10H12.2C2H6.ClH.H2O/c1-5-17-8-6-7-9-18(17)15-23(2,3)16-19-12-13-24-22-11-10-20(25-4)14-21(19)22;1-3-9-5-7-10(4-2)8-6-9;2*1-2;;/h5,10-14,17-18H,1,6-9,15-16H2,2-4H3;3,5-8H,1,4H2,2H3;2*1-2H3;1H;1H2. The molecule has 2 N–H and O–H groups in total. The lowest BCUT2D eigenvalue weighted by Gasteiger charge is -2.36. The minimum atomic E-state index is 0. The van der Waals surface area contributed by atoms with E-state index in [4.69, 9.17) is 4.74 Å². The van der Waals surface area contributed by atoms with E-state index in [1.165, 1.54) is 54.2 Å². The molecule has 1 heterocycles. The third-order valence-corrected chi connectivity index (χ3v) is 7.42. The first-order valence-electron chi connectivity index (χ1n) is 15.1. The Balaban J connectivity index is 0. The maximum absolute atomic E-state index is 5.42. The van der Waals surface area contributed by atoms with Gasteiger partial charge in [-0.15, -0.1) is 19.0 Å². The van der Waals surface area contributed by atoms with E-state index in [2.05, 4.69) is 87.5 Å². The molecule has 4 rings (SSSR count). The van der Waals surface area contributed by atoms with Crippen LogP contribution < -0.4 is 4.74 Å². The van der Waals surface area contributed by atoms with E-state index in [9.17, 15) is 0 Å². The highest BCUT2D eigenvalue weighted by atomic mass is 35.5. The van der Waals surface area contributed by atoms with Gasteiger partial charge >= 0.3 is 0 Å². The lowest BCUT2D eigenvalue weighted by molar-refractivity contribution is 0.183. The van der Waals surface area contributed by atoms with Gasteiger partial charge in [-0.25, -0.2) is 0 Å². The molecule has 0 bridgehead atoms. The van der Waals surface area contributed by atoms with Crippen LogP contribution in [0.2, 0.25) is 0 Å². The zero-order valence-electron chi connectivity index (χ0n) is 27.1. The predicted molar refractivity (Wildman–Crippen MR) is 186 cm³/mol. The Morgan fingerprint density at radius 2 is 1.59 bits per heavy atom. The van der Waals surface area contributed by atoms with Gasteiger partial charge < -0.3 is 10.2 Å². The highest BCUT2D eigenvalue weighted by Gasteiger charge is 2.30. The van der Waals surface area contributed by atoms with E-state index in [0.717, 1.165) is 30.0 Å². The van der Waals surface area contributed by atoms with Crippen molar-refractivity contribution in [1.29, 1.82) is 0 Å². The number of aromatic nitrogens is 1. The monoisotopic (exact) mass is 583 g/mol. The van der Waals surface area contributed by atoms with Crippen LogP contribution in [0.4, 0.5) is 0 Å². The van der Waals surface area contributed by atoms with E-state index in [-0.39, 0.29) is 23.3 Å². The Hall–Kier alpha value is -2.62. The number of hydrogen-bond donors (Lipinski definition) is 0. The molecule has 0 radical (unpaired) electrons. The van der Waals surface area contributed by atoms with Crippen LogP contribution in [0.5, 0.6) is 5.75 Å². The summed E-state index contributed by atoms with van der Waals surface area (Å²) in [4.78, 5) is 4.52. The van der Waals surface area contributed by atoms with Crippen molar-refractivity contribution in [2.75, 3.05) is 7.11 Å². The van der Waals surface area contributed by atoms with Crippen molar-refractivity contribution in [3.05, 3.63) is 90.7 Å². The van der Waals surface area contributed by atoms with Crippen LogP contribution >= 0.6 is 12.4 Å². The van der Waals surface area contributed by atoms with Gasteiger partial charge in [-0.3, -0.25) is 4.98 Å². The maximum Gasteiger partial charge on any atom is 0.119 e. The van der Waals surface area contributed by atoms with Crippen molar-refractivity contribution in [1.82, 2.24) is 4.98 Å². The second-order valence-electron chi connectivity index (χ2n) is 10.6. The molecule has 2 atom stereocenters. The molecule has 230 valence electrons. The first-order chi connectivity index (χ1) is 18.9. The summed E-state index contributed by atoms with van der Waals surface area (Å²) < 4.78 is 5.42. The molecule has 41 heavy (non-hydrogen) atoms. The lowest BCUT2D eigenvalue weighted by Crippen LogP contribution is -2.26. The highest BCUT2D eigenvalue weighted by molar-refractivity contribution is 5.85. The second kappa shape index (κ2) is 22.0. The summed E-state index contributed by atoms with van der Waals surface area (Å²) in [5, 5.41) is 1.22. The smallest absolute Gasteiger partial charge is 0.119 e. The van der Waals surface area contributed by atoms with E-state index < -0.39 is 0 Å². The quantitative estimate of drug-likeness (QED) is 0.248. The fourth-order valence-corrected chi connectivity index (χ4v) is 5.45. The van der Waals surface area contributed by atoms with E-state index >= 15 is 0 Å². The van der Waals surface area contributed by atoms with E-state index in [0.29, 0.717) is 5.92 Å². The van der Waals surface area contributed by atoms with Gasteiger partial charge in [-0.2, -0.15) is 0 Å². The summed E-state index contributed by atoms with van der Waals surface area (Å²) in [6.45, 7) is 22.8. The third kappa shape index (κ3) is 13.3. The molecule has 4 heteroatoms. The lowest BCUT2D eigenvalue weighted by atomic mass is 9.69. The number of benzene rings is 2. The molecular weight excluding hydrogens is 526 g/mol. The van der Waals surface area contributed by atoms with Crippen LogP contribution in [-0.4, -0.2) is 17.6 Å². The van der Waals surface area contributed by atoms with Crippen molar-refractivity contribution >= 4 is 29.4 Å². The Morgan fingerprint density at radius 3 is 2.15 bits per heavy atom. The summed E-state index contributed by atoms with van der Waals surface area (Å²) in [5.41, 5.74) is 5.26. The number of allylic oxidation sites excluding steroid dienone is 1. The molecule has 2 aromatic carbocycles. The normalized spacial score (nSPS) is 15.5. The van der Waals surface area contributed by atoms with Crippen molar-refractivity contribution in [3.63, 3.8) is 0 Å². The van der Waals surface area contributed by atoms with E-state index in [1.54, 1.807) is 7.11 Å². The predicted octanol–water partition coefficient (Wildman–Crippen LogP) is 10.7. The van der Waals surface area contributed by atoms with Gasteiger partial charge in [0.2, 0.25) is 0 Å². The average Bonchev–Trinajstić information content (AvgIpc) is 2.99. The van der Waals surface area contributed by atoms with Crippen LogP contribution in [0.15, 0.2) is 74.0 Å². The molecule has 1 aliphatic rings. The average molecular weight is 584 g/mol. The SMILES string of the molecule is C=CC1CCCCC1CC(C)(C)Cc1ccnc2ccc(OC)cc12.C=Cc1ccc(CC)cc1.CC.CC.Cl.O. The summed E-state index contributed by atoms with van der Waals surface area (Å²) in [6, 6.07) is 16.8. The Labute approximate surface area is 258 Å². The van der Waals surface area contributed by atoms with Crippen LogP contribution in [-0.2, 0) is 12.8 Å². The Kier molecular flexibility index (Phi) is 21.8. The van der Waals surface area contributed by atoms with Gasteiger partial charge in [0.05, 0.1) is 12.6 Å². The zero-order valence-corrected chi connectivity index (χ0v) is 27.9. The highest BCUT2D eigenvalue weighted by Crippen LogP contribution is 2.41. The number of pyridine rings is 1. The number of ether oxygens (including phenoxy) is 1. The van der Waals surface area contributed by atoms with Crippen LogP contribution in [0, 0.1) is 17.3 Å². The van der Waals surface area contributed by atoms with Crippen LogP contribution in [0.25, 0.3) is 17.0 Å².